The van der Waals surface area contributed by atoms with E-state index in [1.54, 1.807) is 0 Å². The molecule has 0 radical (unpaired) electrons. The molecule has 1 fully saturated rings. The minimum absolute atomic E-state index is 0.554. The fraction of sp³-hybridized carbons (Fsp3) is 0.333. The van der Waals surface area contributed by atoms with Crippen molar-refractivity contribution in [2.45, 2.75) is 25.7 Å². The Morgan fingerprint density at radius 3 is 2.33 bits per heavy atom. The van der Waals surface area contributed by atoms with Crippen molar-refractivity contribution in [2.75, 3.05) is 0 Å². The highest BCUT2D eigenvalue weighted by molar-refractivity contribution is 5.75. The first-order valence-corrected chi connectivity index (χ1v) is 5.83. The van der Waals surface area contributed by atoms with Gasteiger partial charge in [-0.2, -0.15) is 0 Å². The number of allylic oxidation sites excluding steroid dienone is 4. The van der Waals surface area contributed by atoms with Crippen LogP contribution in [0.1, 0.15) is 31.2 Å². The van der Waals surface area contributed by atoms with Gasteiger partial charge in [0.15, 0.2) is 0 Å². The summed E-state index contributed by atoms with van der Waals surface area (Å²) in [5.41, 5.74) is 3.30. The molecule has 0 saturated heterocycles. The Hall–Kier alpha value is -1.30. The molecule has 2 aliphatic carbocycles. The van der Waals surface area contributed by atoms with E-state index < -0.39 is 0 Å². The lowest BCUT2D eigenvalue weighted by Gasteiger charge is -2.40. The zero-order valence-electron chi connectivity index (χ0n) is 8.95. The second-order valence-corrected chi connectivity index (χ2v) is 4.78. The van der Waals surface area contributed by atoms with Gasteiger partial charge in [-0.05, 0) is 35.8 Å². The average Bonchev–Trinajstić information content (AvgIpc) is 2.28. The molecule has 0 heterocycles. The largest absolute Gasteiger partial charge is 0.0774 e. The van der Waals surface area contributed by atoms with E-state index in [1.165, 1.54) is 36.8 Å². The van der Waals surface area contributed by atoms with Crippen molar-refractivity contribution in [1.29, 1.82) is 0 Å². The van der Waals surface area contributed by atoms with Crippen molar-refractivity contribution < 1.29 is 0 Å². The van der Waals surface area contributed by atoms with E-state index in [1.807, 2.05) is 0 Å². The highest BCUT2D eigenvalue weighted by atomic mass is 14.4. The second kappa shape index (κ2) is 3.37. The van der Waals surface area contributed by atoms with Gasteiger partial charge in [-0.25, -0.2) is 0 Å². The molecule has 0 atom stereocenters. The Balaban J connectivity index is 1.84. The summed E-state index contributed by atoms with van der Waals surface area (Å²) in [5.74, 6) is 0. The third-order valence-electron chi connectivity index (χ3n) is 3.80. The van der Waals surface area contributed by atoms with Crippen LogP contribution in [0.5, 0.6) is 0 Å². The molecule has 0 amide bonds. The summed E-state index contributed by atoms with van der Waals surface area (Å²) in [7, 11) is 0. The van der Waals surface area contributed by atoms with Crippen LogP contribution >= 0.6 is 0 Å². The molecular formula is C15H16. The predicted molar refractivity (Wildman–Crippen MR) is 64.5 cm³/mol. The summed E-state index contributed by atoms with van der Waals surface area (Å²) < 4.78 is 0. The predicted octanol–water partition coefficient (Wildman–Crippen LogP) is 4.20. The molecule has 2 aliphatic rings. The number of hydrogen-bond donors (Lipinski definition) is 0. The Labute approximate surface area is 91.3 Å². The van der Waals surface area contributed by atoms with E-state index in [4.69, 9.17) is 0 Å². The molecule has 1 aromatic rings. The van der Waals surface area contributed by atoms with Crippen molar-refractivity contribution in [1.82, 2.24) is 0 Å². The minimum atomic E-state index is 0.554. The molecule has 76 valence electrons. The van der Waals surface area contributed by atoms with Gasteiger partial charge in [-0.3, -0.25) is 0 Å². The second-order valence-electron chi connectivity index (χ2n) is 4.78. The fourth-order valence-corrected chi connectivity index (χ4v) is 2.56. The summed E-state index contributed by atoms with van der Waals surface area (Å²) >= 11 is 0. The molecule has 0 bridgehead atoms. The number of hydrogen-bond acceptors (Lipinski definition) is 0. The molecule has 0 nitrogen and oxygen atoms in total. The SMILES string of the molecule is C1=CC2(CC=C1c1ccccc1)CCC2. The maximum atomic E-state index is 2.44. The van der Waals surface area contributed by atoms with E-state index in [2.05, 4.69) is 48.6 Å². The number of rotatable bonds is 1. The highest BCUT2D eigenvalue weighted by Gasteiger charge is 2.34. The molecule has 15 heavy (non-hydrogen) atoms. The fourth-order valence-electron chi connectivity index (χ4n) is 2.56. The topological polar surface area (TPSA) is 0 Å². The molecule has 0 heteroatoms. The van der Waals surface area contributed by atoms with E-state index >= 15 is 0 Å². The Kier molecular flexibility index (Phi) is 2.02. The lowest BCUT2D eigenvalue weighted by molar-refractivity contribution is 0.206. The van der Waals surface area contributed by atoms with Crippen molar-refractivity contribution in [3.8, 4) is 0 Å². The molecular weight excluding hydrogens is 180 g/mol. The van der Waals surface area contributed by atoms with Crippen molar-refractivity contribution in [3.05, 3.63) is 54.1 Å². The Morgan fingerprint density at radius 1 is 1.00 bits per heavy atom. The van der Waals surface area contributed by atoms with Crippen LogP contribution in [-0.4, -0.2) is 0 Å². The molecule has 3 rings (SSSR count). The van der Waals surface area contributed by atoms with Crippen molar-refractivity contribution in [3.63, 3.8) is 0 Å². The Morgan fingerprint density at radius 2 is 1.80 bits per heavy atom. The van der Waals surface area contributed by atoms with E-state index in [0.717, 1.165) is 0 Å². The molecule has 0 aromatic heterocycles. The minimum Gasteiger partial charge on any atom is -0.0774 e. The third kappa shape index (κ3) is 1.54. The first-order valence-electron chi connectivity index (χ1n) is 5.83. The van der Waals surface area contributed by atoms with Gasteiger partial charge in [0.1, 0.15) is 0 Å². The van der Waals surface area contributed by atoms with Gasteiger partial charge in [0.2, 0.25) is 0 Å². The van der Waals surface area contributed by atoms with Crippen LogP contribution in [0.2, 0.25) is 0 Å². The summed E-state index contributed by atoms with van der Waals surface area (Å²) in [5, 5.41) is 0. The normalized spacial score (nSPS) is 22.3. The molecule has 0 unspecified atom stereocenters. The van der Waals surface area contributed by atoms with Gasteiger partial charge in [-0.1, -0.05) is 55.0 Å². The van der Waals surface area contributed by atoms with E-state index in [0.29, 0.717) is 5.41 Å². The maximum absolute atomic E-state index is 2.44. The van der Waals surface area contributed by atoms with Crippen LogP contribution < -0.4 is 0 Å². The van der Waals surface area contributed by atoms with Gasteiger partial charge >= 0.3 is 0 Å². The molecule has 1 spiro atoms. The van der Waals surface area contributed by atoms with Crippen molar-refractivity contribution in [2.24, 2.45) is 5.41 Å². The molecule has 1 aromatic carbocycles. The van der Waals surface area contributed by atoms with Gasteiger partial charge in [0.05, 0.1) is 0 Å². The van der Waals surface area contributed by atoms with Crippen LogP contribution in [0.25, 0.3) is 5.57 Å². The quantitative estimate of drug-likeness (QED) is 0.631. The molecule has 0 aliphatic heterocycles. The van der Waals surface area contributed by atoms with Crippen LogP contribution in [0.3, 0.4) is 0 Å². The summed E-state index contributed by atoms with van der Waals surface area (Å²) in [6.45, 7) is 0. The number of benzene rings is 1. The zero-order valence-corrected chi connectivity index (χ0v) is 8.95. The lowest BCUT2D eigenvalue weighted by atomic mass is 9.64. The Bertz CT molecular complexity index is 405. The average molecular weight is 196 g/mol. The standard InChI is InChI=1S/C15H16/c1-2-5-13(6-3-1)14-7-11-15(12-8-14)9-4-10-15/h1-3,5-8,11H,4,9-10,12H2. The summed E-state index contributed by atoms with van der Waals surface area (Å²) in [4.78, 5) is 0. The monoisotopic (exact) mass is 196 g/mol. The van der Waals surface area contributed by atoms with Crippen LogP contribution in [0, 0.1) is 5.41 Å². The summed E-state index contributed by atoms with van der Waals surface area (Å²) in [6.07, 6.45) is 12.6. The highest BCUT2D eigenvalue weighted by Crippen LogP contribution is 2.48. The first kappa shape index (κ1) is 8.96. The smallest absolute Gasteiger partial charge is 0.00801 e. The van der Waals surface area contributed by atoms with Crippen LogP contribution in [0.15, 0.2) is 48.6 Å². The molecule has 1 saturated carbocycles. The van der Waals surface area contributed by atoms with Gasteiger partial charge in [-0.15, -0.1) is 0 Å². The zero-order chi connectivity index (χ0) is 10.1. The lowest BCUT2D eigenvalue weighted by Crippen LogP contribution is -2.27. The first-order chi connectivity index (χ1) is 7.38. The van der Waals surface area contributed by atoms with Crippen LogP contribution in [-0.2, 0) is 0 Å². The van der Waals surface area contributed by atoms with E-state index in [9.17, 15) is 0 Å². The van der Waals surface area contributed by atoms with Crippen molar-refractivity contribution >= 4 is 5.57 Å². The molecule has 0 N–H and O–H groups in total. The van der Waals surface area contributed by atoms with Crippen LogP contribution in [0.4, 0.5) is 0 Å². The van der Waals surface area contributed by atoms with E-state index in [-0.39, 0.29) is 0 Å². The summed E-state index contributed by atoms with van der Waals surface area (Å²) in [6, 6.07) is 10.7. The third-order valence-corrected chi connectivity index (χ3v) is 3.80. The van der Waals surface area contributed by atoms with Gasteiger partial charge < -0.3 is 0 Å². The van der Waals surface area contributed by atoms with Gasteiger partial charge in [0, 0.05) is 0 Å². The van der Waals surface area contributed by atoms with Gasteiger partial charge in [0.25, 0.3) is 0 Å². The maximum Gasteiger partial charge on any atom is -0.00801 e.